The van der Waals surface area contributed by atoms with E-state index in [2.05, 4.69) is 21.2 Å². The molecule has 34 heavy (non-hydrogen) atoms. The molecule has 0 fully saturated rings. The molecule has 2 rings (SSSR count). The number of nitrogens with one attached hydrogen (secondary N) is 3. The summed E-state index contributed by atoms with van der Waals surface area (Å²) in [5, 5.41) is 9.23. The molecule has 0 aliphatic heterocycles. The van der Waals surface area contributed by atoms with E-state index in [1.165, 1.54) is 12.3 Å². The lowest BCUT2D eigenvalue weighted by Gasteiger charge is -2.15. The van der Waals surface area contributed by atoms with Crippen LogP contribution < -0.4 is 25.5 Å². The third kappa shape index (κ3) is 8.08. The largest absolute Gasteiger partial charge is 0.490 e. The van der Waals surface area contributed by atoms with Crippen LogP contribution in [0.3, 0.4) is 0 Å². The van der Waals surface area contributed by atoms with E-state index in [0.29, 0.717) is 23.6 Å². The number of anilines is 1. The average Bonchev–Trinajstić information content (AvgIpc) is 2.74. The molecule has 0 heterocycles. The second-order valence-electron chi connectivity index (χ2n) is 7.75. The summed E-state index contributed by atoms with van der Waals surface area (Å²) in [6, 6.07) is 8.67. The van der Waals surface area contributed by atoms with Gasteiger partial charge in [-0.2, -0.15) is 5.10 Å². The van der Waals surface area contributed by atoms with Crippen molar-refractivity contribution < 1.29 is 23.9 Å². The fourth-order valence-corrected chi connectivity index (χ4v) is 3.16. The standard InChI is InChI=1S/C24H29ClN4O5/c1-6-33-20-11-17(12-26-29-24(32)23(31)27-14(2)3)10-18(25)22(20)34-13-21(30)28-19-8-7-15(4)9-16(19)5/h7-12,14H,6,13H2,1-5H3,(H,27,31)(H,28,30)(H,29,32)/b26-12-. The Morgan fingerprint density at radius 1 is 1.09 bits per heavy atom. The monoisotopic (exact) mass is 488 g/mol. The van der Waals surface area contributed by atoms with Crippen molar-refractivity contribution in [3.8, 4) is 11.5 Å². The van der Waals surface area contributed by atoms with Gasteiger partial charge in [-0.25, -0.2) is 5.43 Å². The molecule has 0 radical (unpaired) electrons. The Morgan fingerprint density at radius 3 is 2.47 bits per heavy atom. The van der Waals surface area contributed by atoms with E-state index < -0.39 is 11.8 Å². The van der Waals surface area contributed by atoms with Crippen molar-refractivity contribution in [3.05, 3.63) is 52.0 Å². The van der Waals surface area contributed by atoms with Crippen LogP contribution in [0.5, 0.6) is 11.5 Å². The minimum absolute atomic E-state index is 0.176. The van der Waals surface area contributed by atoms with Gasteiger partial charge in [0.15, 0.2) is 18.1 Å². The highest BCUT2D eigenvalue weighted by molar-refractivity contribution is 6.35. The van der Waals surface area contributed by atoms with Gasteiger partial charge in [-0.15, -0.1) is 0 Å². The van der Waals surface area contributed by atoms with Crippen molar-refractivity contribution in [1.29, 1.82) is 0 Å². The topological polar surface area (TPSA) is 118 Å². The lowest BCUT2D eigenvalue weighted by atomic mass is 10.1. The maximum absolute atomic E-state index is 12.4. The summed E-state index contributed by atoms with van der Waals surface area (Å²) in [6.45, 7) is 9.21. The highest BCUT2D eigenvalue weighted by atomic mass is 35.5. The first kappa shape index (κ1) is 26.7. The molecule has 10 heteroatoms. The van der Waals surface area contributed by atoms with Gasteiger partial charge in [-0.05, 0) is 63.9 Å². The van der Waals surface area contributed by atoms with E-state index in [9.17, 15) is 14.4 Å². The molecular formula is C24H29ClN4O5. The number of halogens is 1. The fourth-order valence-electron chi connectivity index (χ4n) is 2.89. The Labute approximate surface area is 203 Å². The number of amides is 3. The number of hydrogen-bond donors (Lipinski definition) is 3. The maximum Gasteiger partial charge on any atom is 0.329 e. The van der Waals surface area contributed by atoms with Crippen LogP contribution in [0.2, 0.25) is 5.02 Å². The predicted octanol–water partition coefficient (Wildman–Crippen LogP) is 3.35. The molecule has 3 amide bonds. The van der Waals surface area contributed by atoms with Crippen molar-refractivity contribution in [2.45, 2.75) is 40.7 Å². The van der Waals surface area contributed by atoms with Gasteiger partial charge in [0.1, 0.15) is 0 Å². The molecule has 2 aromatic carbocycles. The molecule has 0 aliphatic rings. The minimum Gasteiger partial charge on any atom is -0.490 e. The number of hydrogen-bond acceptors (Lipinski definition) is 6. The quantitative estimate of drug-likeness (QED) is 0.284. The fraction of sp³-hybridized carbons (Fsp3) is 0.333. The summed E-state index contributed by atoms with van der Waals surface area (Å²) < 4.78 is 11.2. The van der Waals surface area contributed by atoms with Crippen molar-refractivity contribution in [3.63, 3.8) is 0 Å². The van der Waals surface area contributed by atoms with E-state index in [1.807, 2.05) is 32.0 Å². The minimum atomic E-state index is -0.893. The molecule has 0 spiro atoms. The first-order valence-corrected chi connectivity index (χ1v) is 11.1. The second kappa shape index (κ2) is 12.6. The third-order valence-electron chi connectivity index (χ3n) is 4.34. The number of rotatable bonds is 9. The Morgan fingerprint density at radius 2 is 1.82 bits per heavy atom. The number of nitrogens with zero attached hydrogens (tertiary/aromatic N) is 1. The number of benzene rings is 2. The van der Waals surface area contributed by atoms with E-state index in [-0.39, 0.29) is 29.3 Å². The molecule has 0 atom stereocenters. The van der Waals surface area contributed by atoms with Gasteiger partial charge in [0.2, 0.25) is 0 Å². The Bertz CT molecular complexity index is 1090. The van der Waals surface area contributed by atoms with Crippen molar-refractivity contribution >= 4 is 41.2 Å². The number of carbonyl (C=O) groups is 3. The normalized spacial score (nSPS) is 10.8. The van der Waals surface area contributed by atoms with Gasteiger partial charge in [-0.3, -0.25) is 14.4 Å². The van der Waals surface area contributed by atoms with E-state index in [4.69, 9.17) is 21.1 Å². The summed E-state index contributed by atoms with van der Waals surface area (Å²) in [5.74, 6) is -1.52. The maximum atomic E-state index is 12.4. The molecule has 0 saturated heterocycles. The Balaban J connectivity index is 2.06. The third-order valence-corrected chi connectivity index (χ3v) is 4.62. The van der Waals surface area contributed by atoms with Gasteiger partial charge in [0.05, 0.1) is 17.8 Å². The van der Waals surface area contributed by atoms with Crippen molar-refractivity contribution in [2.75, 3.05) is 18.5 Å². The zero-order valence-electron chi connectivity index (χ0n) is 19.8. The van der Waals surface area contributed by atoms with Crippen LogP contribution >= 0.6 is 11.6 Å². The summed E-state index contributed by atoms with van der Waals surface area (Å²) in [7, 11) is 0. The van der Waals surface area contributed by atoms with Crippen LogP contribution in [0.1, 0.15) is 37.5 Å². The highest BCUT2D eigenvalue weighted by Crippen LogP contribution is 2.36. The molecular weight excluding hydrogens is 460 g/mol. The molecule has 3 N–H and O–H groups in total. The van der Waals surface area contributed by atoms with E-state index in [0.717, 1.165) is 11.1 Å². The van der Waals surface area contributed by atoms with Crippen LogP contribution in [0.4, 0.5) is 5.69 Å². The molecule has 0 aliphatic carbocycles. The molecule has 0 saturated carbocycles. The second-order valence-corrected chi connectivity index (χ2v) is 8.15. The number of aryl methyl sites for hydroxylation is 2. The van der Waals surface area contributed by atoms with E-state index >= 15 is 0 Å². The molecule has 0 bridgehead atoms. The molecule has 182 valence electrons. The van der Waals surface area contributed by atoms with Crippen LogP contribution in [0.25, 0.3) is 0 Å². The Kier molecular flexibility index (Phi) is 9.88. The first-order valence-electron chi connectivity index (χ1n) is 10.7. The zero-order valence-corrected chi connectivity index (χ0v) is 20.6. The van der Waals surface area contributed by atoms with Crippen LogP contribution in [-0.2, 0) is 14.4 Å². The number of hydrazone groups is 1. The van der Waals surface area contributed by atoms with Gasteiger partial charge >= 0.3 is 11.8 Å². The van der Waals surface area contributed by atoms with Crippen LogP contribution in [-0.4, -0.2) is 43.2 Å². The molecule has 2 aromatic rings. The summed E-state index contributed by atoms with van der Waals surface area (Å²) in [6.07, 6.45) is 1.31. The van der Waals surface area contributed by atoms with Crippen molar-refractivity contribution in [1.82, 2.24) is 10.7 Å². The zero-order chi connectivity index (χ0) is 25.3. The molecule has 0 aromatic heterocycles. The van der Waals surface area contributed by atoms with Gasteiger partial charge < -0.3 is 20.1 Å². The van der Waals surface area contributed by atoms with Crippen LogP contribution in [0, 0.1) is 13.8 Å². The summed E-state index contributed by atoms with van der Waals surface area (Å²) >= 11 is 6.36. The average molecular weight is 489 g/mol. The van der Waals surface area contributed by atoms with Crippen molar-refractivity contribution in [2.24, 2.45) is 5.10 Å². The van der Waals surface area contributed by atoms with Gasteiger partial charge in [0.25, 0.3) is 5.91 Å². The number of carbonyl (C=O) groups excluding carboxylic acids is 3. The summed E-state index contributed by atoms with van der Waals surface area (Å²) in [5.41, 5.74) is 5.38. The van der Waals surface area contributed by atoms with Crippen LogP contribution in [0.15, 0.2) is 35.4 Å². The SMILES string of the molecule is CCOc1cc(/C=N\NC(=O)C(=O)NC(C)C)cc(Cl)c1OCC(=O)Nc1ccc(C)cc1C. The Hall–Kier alpha value is -3.59. The molecule has 0 unspecified atom stereocenters. The summed E-state index contributed by atoms with van der Waals surface area (Å²) in [4.78, 5) is 35.7. The number of ether oxygens (including phenoxy) is 2. The van der Waals surface area contributed by atoms with E-state index in [1.54, 1.807) is 26.8 Å². The lowest BCUT2D eigenvalue weighted by molar-refractivity contribution is -0.139. The predicted molar refractivity (Wildman–Crippen MR) is 132 cm³/mol. The van der Waals surface area contributed by atoms with Gasteiger partial charge in [-0.1, -0.05) is 29.3 Å². The highest BCUT2D eigenvalue weighted by Gasteiger charge is 2.16. The first-order chi connectivity index (χ1) is 16.1. The molecule has 9 nitrogen and oxygen atoms in total. The lowest BCUT2D eigenvalue weighted by Crippen LogP contribution is -2.41. The smallest absolute Gasteiger partial charge is 0.329 e. The van der Waals surface area contributed by atoms with Gasteiger partial charge in [0, 0.05) is 11.7 Å².